The van der Waals surface area contributed by atoms with Gasteiger partial charge in [-0.3, -0.25) is 4.90 Å². The molecule has 0 spiro atoms. The number of ether oxygens (including phenoxy) is 2. The van der Waals surface area contributed by atoms with Crippen molar-refractivity contribution in [3.05, 3.63) is 11.6 Å². The van der Waals surface area contributed by atoms with Gasteiger partial charge in [0.05, 0.1) is 32.0 Å². The summed E-state index contributed by atoms with van der Waals surface area (Å²) >= 11 is 0. The van der Waals surface area contributed by atoms with Crippen LogP contribution in [0.2, 0.25) is 0 Å². The highest BCUT2D eigenvalue weighted by Crippen LogP contribution is 2.15. The maximum Gasteiger partial charge on any atom is 0.0934 e. The topological polar surface area (TPSA) is 48.7 Å². The molecule has 5 nitrogen and oxygen atoms in total. The second kappa shape index (κ2) is 6.86. The lowest BCUT2D eigenvalue weighted by Crippen LogP contribution is -2.44. The highest BCUT2D eigenvalue weighted by Gasteiger charge is 2.23. The maximum absolute atomic E-state index is 8.92. The van der Waals surface area contributed by atoms with Gasteiger partial charge in [0, 0.05) is 38.8 Å². The zero-order valence-electron chi connectivity index (χ0n) is 11.0. The van der Waals surface area contributed by atoms with Crippen molar-refractivity contribution in [1.29, 1.82) is 5.26 Å². The van der Waals surface area contributed by atoms with Gasteiger partial charge in [0.2, 0.25) is 0 Å². The van der Waals surface area contributed by atoms with E-state index < -0.39 is 0 Å². The highest BCUT2D eigenvalue weighted by molar-refractivity contribution is 5.20. The highest BCUT2D eigenvalue weighted by atomic mass is 16.5. The van der Waals surface area contributed by atoms with E-state index in [9.17, 15) is 0 Å². The Labute approximate surface area is 109 Å². The molecule has 1 atom stereocenters. The first kappa shape index (κ1) is 13.5. The number of hydrogen-bond acceptors (Lipinski definition) is 5. The Hall–Kier alpha value is -0.930. The molecule has 2 fully saturated rings. The summed E-state index contributed by atoms with van der Waals surface area (Å²) < 4.78 is 11.1. The lowest BCUT2D eigenvalue weighted by atomic mass is 10.1. The van der Waals surface area contributed by atoms with E-state index in [1.165, 1.54) is 0 Å². The Bertz CT molecular complexity index is 332. The predicted molar refractivity (Wildman–Crippen MR) is 68.2 cm³/mol. The fourth-order valence-electron chi connectivity index (χ4n) is 2.34. The van der Waals surface area contributed by atoms with Crippen LogP contribution in [-0.2, 0) is 9.47 Å². The van der Waals surface area contributed by atoms with Crippen LogP contribution in [-0.4, -0.2) is 75.5 Å². The number of rotatable bonds is 3. The summed E-state index contributed by atoms with van der Waals surface area (Å²) in [5.74, 6) is 0. The number of allylic oxidation sites excluding steroid dienone is 1. The molecule has 0 bridgehead atoms. The predicted octanol–water partition coefficient (Wildman–Crippen LogP) is 0.0992. The number of likely N-dealkylation sites (N-methyl/N-ethyl adjacent to an activating group) is 1. The van der Waals surface area contributed by atoms with E-state index in [2.05, 4.69) is 22.9 Å². The first-order valence-electron chi connectivity index (χ1n) is 6.48. The van der Waals surface area contributed by atoms with E-state index in [0.717, 1.165) is 58.1 Å². The van der Waals surface area contributed by atoms with E-state index >= 15 is 0 Å². The van der Waals surface area contributed by atoms with Crippen LogP contribution in [0.5, 0.6) is 0 Å². The fraction of sp³-hybridized carbons (Fsp3) is 0.769. The molecule has 2 aliphatic heterocycles. The van der Waals surface area contributed by atoms with Crippen molar-refractivity contribution in [2.75, 3.05) is 59.6 Å². The SMILES string of the molecule is CN1CCOC(/C(=C\C#N)CN2CCOCC2)C1. The van der Waals surface area contributed by atoms with E-state index in [1.807, 2.05) is 0 Å². The minimum Gasteiger partial charge on any atom is -0.379 e. The quantitative estimate of drug-likeness (QED) is 0.666. The Balaban J connectivity index is 1.95. The minimum absolute atomic E-state index is 0.0613. The molecule has 18 heavy (non-hydrogen) atoms. The van der Waals surface area contributed by atoms with Crippen LogP contribution >= 0.6 is 0 Å². The molecule has 0 aromatic rings. The molecular weight excluding hydrogens is 230 g/mol. The van der Waals surface area contributed by atoms with Gasteiger partial charge in [0.1, 0.15) is 0 Å². The maximum atomic E-state index is 8.92. The lowest BCUT2D eigenvalue weighted by molar-refractivity contribution is -0.00727. The zero-order valence-corrected chi connectivity index (χ0v) is 11.0. The summed E-state index contributed by atoms with van der Waals surface area (Å²) in [6, 6.07) is 2.15. The van der Waals surface area contributed by atoms with Gasteiger partial charge in [-0.1, -0.05) is 0 Å². The number of hydrogen-bond donors (Lipinski definition) is 0. The van der Waals surface area contributed by atoms with Gasteiger partial charge in [0.25, 0.3) is 0 Å². The second-order valence-electron chi connectivity index (χ2n) is 4.86. The van der Waals surface area contributed by atoms with Crippen molar-refractivity contribution < 1.29 is 9.47 Å². The largest absolute Gasteiger partial charge is 0.379 e. The minimum atomic E-state index is 0.0613. The van der Waals surface area contributed by atoms with E-state index in [-0.39, 0.29) is 6.10 Å². The van der Waals surface area contributed by atoms with E-state index in [1.54, 1.807) is 6.08 Å². The summed E-state index contributed by atoms with van der Waals surface area (Å²) in [6.07, 6.45) is 1.71. The molecule has 0 aromatic carbocycles. The molecule has 0 aliphatic carbocycles. The van der Waals surface area contributed by atoms with Gasteiger partial charge in [-0.05, 0) is 12.6 Å². The molecule has 0 saturated carbocycles. The molecule has 0 aromatic heterocycles. The van der Waals surface area contributed by atoms with Crippen LogP contribution in [0, 0.1) is 11.3 Å². The van der Waals surface area contributed by atoms with Crippen LogP contribution in [0.15, 0.2) is 11.6 Å². The monoisotopic (exact) mass is 251 g/mol. The van der Waals surface area contributed by atoms with Gasteiger partial charge in [-0.2, -0.15) is 5.26 Å². The standard InChI is InChI=1S/C13H21N3O2/c1-15-4-9-18-13(11-15)12(2-3-14)10-16-5-7-17-8-6-16/h2,13H,4-11H2,1H3/b12-2-. The van der Waals surface area contributed by atoms with Gasteiger partial charge >= 0.3 is 0 Å². The lowest BCUT2D eigenvalue weighted by Gasteiger charge is -2.34. The number of morpholine rings is 2. The van der Waals surface area contributed by atoms with Crippen LogP contribution in [0.4, 0.5) is 0 Å². The number of nitrogens with zero attached hydrogens (tertiary/aromatic N) is 3. The van der Waals surface area contributed by atoms with Crippen molar-refractivity contribution in [3.8, 4) is 6.07 Å². The van der Waals surface area contributed by atoms with Crippen molar-refractivity contribution in [2.45, 2.75) is 6.10 Å². The summed E-state index contributed by atoms with van der Waals surface area (Å²) in [7, 11) is 2.09. The molecule has 100 valence electrons. The van der Waals surface area contributed by atoms with Crippen molar-refractivity contribution in [1.82, 2.24) is 9.80 Å². The Kier molecular flexibility index (Phi) is 5.14. The third-order valence-corrected chi connectivity index (χ3v) is 3.44. The Morgan fingerprint density at radius 1 is 1.33 bits per heavy atom. The van der Waals surface area contributed by atoms with Gasteiger partial charge < -0.3 is 14.4 Å². The Morgan fingerprint density at radius 3 is 2.78 bits per heavy atom. The van der Waals surface area contributed by atoms with Gasteiger partial charge in [-0.15, -0.1) is 0 Å². The van der Waals surface area contributed by atoms with E-state index in [4.69, 9.17) is 14.7 Å². The Morgan fingerprint density at radius 2 is 2.11 bits per heavy atom. The molecule has 0 amide bonds. The van der Waals surface area contributed by atoms with Crippen LogP contribution in [0.1, 0.15) is 0 Å². The van der Waals surface area contributed by atoms with Gasteiger partial charge in [-0.25, -0.2) is 0 Å². The summed E-state index contributed by atoms with van der Waals surface area (Å²) in [6.45, 7) is 6.83. The van der Waals surface area contributed by atoms with Crippen LogP contribution < -0.4 is 0 Å². The molecule has 2 rings (SSSR count). The smallest absolute Gasteiger partial charge is 0.0934 e. The molecular formula is C13H21N3O2. The second-order valence-corrected chi connectivity index (χ2v) is 4.86. The molecule has 2 aliphatic rings. The molecule has 1 unspecified atom stereocenters. The number of nitriles is 1. The van der Waals surface area contributed by atoms with Crippen LogP contribution in [0.3, 0.4) is 0 Å². The molecule has 5 heteroatoms. The van der Waals surface area contributed by atoms with Crippen molar-refractivity contribution in [2.24, 2.45) is 0 Å². The third-order valence-electron chi connectivity index (χ3n) is 3.44. The third kappa shape index (κ3) is 3.79. The normalized spacial score (nSPS) is 28.0. The van der Waals surface area contributed by atoms with Crippen molar-refractivity contribution >= 4 is 0 Å². The fourth-order valence-corrected chi connectivity index (χ4v) is 2.34. The molecule has 2 saturated heterocycles. The first-order chi connectivity index (χ1) is 8.79. The average Bonchev–Trinajstić information content (AvgIpc) is 2.39. The van der Waals surface area contributed by atoms with E-state index in [0.29, 0.717) is 0 Å². The first-order valence-corrected chi connectivity index (χ1v) is 6.48. The summed E-state index contributed by atoms with van der Waals surface area (Å²) in [4.78, 5) is 4.57. The van der Waals surface area contributed by atoms with Crippen LogP contribution in [0.25, 0.3) is 0 Å². The summed E-state index contributed by atoms with van der Waals surface area (Å²) in [5.41, 5.74) is 1.09. The van der Waals surface area contributed by atoms with Crippen molar-refractivity contribution in [3.63, 3.8) is 0 Å². The molecule has 2 heterocycles. The average molecular weight is 251 g/mol. The zero-order chi connectivity index (χ0) is 12.8. The van der Waals surface area contributed by atoms with Gasteiger partial charge in [0.15, 0.2) is 0 Å². The molecule has 0 radical (unpaired) electrons. The molecule has 0 N–H and O–H groups in total. The summed E-state index contributed by atoms with van der Waals surface area (Å²) in [5, 5.41) is 8.92.